The van der Waals surface area contributed by atoms with Crippen LogP contribution in [0.15, 0.2) is 12.2 Å². The first-order chi connectivity index (χ1) is 5.66. The summed E-state index contributed by atoms with van der Waals surface area (Å²) in [7, 11) is 1.62. The third kappa shape index (κ3) is 2.34. The monoisotopic (exact) mass is 168 g/mol. The molecule has 1 fully saturated rings. The molecule has 0 aliphatic heterocycles. The second-order valence-electron chi connectivity index (χ2n) is 3.44. The lowest BCUT2D eigenvalue weighted by molar-refractivity contribution is -0.116. The average molecular weight is 168 g/mol. The minimum atomic E-state index is -0.0575. The van der Waals surface area contributed by atoms with Gasteiger partial charge in [0.25, 0.3) is 0 Å². The zero-order chi connectivity index (χ0) is 9.03. The summed E-state index contributed by atoms with van der Waals surface area (Å²) < 4.78 is 0. The van der Waals surface area contributed by atoms with Crippen molar-refractivity contribution >= 4 is 5.91 Å². The third-order valence-electron chi connectivity index (χ3n) is 2.39. The van der Waals surface area contributed by atoms with Crippen LogP contribution in [0.4, 0.5) is 0 Å². The summed E-state index contributed by atoms with van der Waals surface area (Å²) in [5.41, 5.74) is 5.94. The van der Waals surface area contributed by atoms with Gasteiger partial charge in [0, 0.05) is 12.6 Å². The summed E-state index contributed by atoms with van der Waals surface area (Å²) in [6.45, 7) is 0. The Morgan fingerprint density at radius 1 is 1.67 bits per heavy atom. The molecule has 0 atom stereocenters. The number of carbonyl (C=O) groups excluding carboxylic acids is 1. The molecule has 0 spiro atoms. The molecule has 1 aliphatic rings. The fraction of sp³-hybridized carbons (Fsp3) is 0.667. The van der Waals surface area contributed by atoms with Crippen LogP contribution >= 0.6 is 0 Å². The molecule has 0 unspecified atom stereocenters. The molecule has 1 amide bonds. The Balaban J connectivity index is 2.24. The Morgan fingerprint density at radius 3 is 2.75 bits per heavy atom. The van der Waals surface area contributed by atoms with E-state index in [9.17, 15) is 4.79 Å². The van der Waals surface area contributed by atoms with Gasteiger partial charge in [-0.2, -0.15) is 0 Å². The second-order valence-corrected chi connectivity index (χ2v) is 3.44. The minimum Gasteiger partial charge on any atom is -0.356 e. The molecule has 0 radical (unpaired) electrons. The van der Waals surface area contributed by atoms with Gasteiger partial charge in [-0.1, -0.05) is 6.08 Å². The van der Waals surface area contributed by atoms with Gasteiger partial charge in [0.2, 0.25) is 5.91 Å². The van der Waals surface area contributed by atoms with E-state index < -0.39 is 0 Å². The van der Waals surface area contributed by atoms with Gasteiger partial charge in [0.15, 0.2) is 0 Å². The van der Waals surface area contributed by atoms with E-state index in [1.54, 1.807) is 13.1 Å². The van der Waals surface area contributed by atoms with E-state index in [1.165, 1.54) is 6.42 Å². The van der Waals surface area contributed by atoms with Crippen LogP contribution in [0.3, 0.4) is 0 Å². The van der Waals surface area contributed by atoms with Gasteiger partial charge in [0.1, 0.15) is 0 Å². The standard InChI is InChI=1S/C9H16N2O/c1-11-8(12)4-2-5-9(10)6-3-7-9/h2,4H,3,5-7,10H2,1H3,(H,11,12)/b4-2+. The number of hydrogen-bond donors (Lipinski definition) is 2. The summed E-state index contributed by atoms with van der Waals surface area (Å²) in [6.07, 6.45) is 7.63. The van der Waals surface area contributed by atoms with Crippen LogP contribution in [0.5, 0.6) is 0 Å². The Bertz CT molecular complexity index is 195. The molecule has 3 nitrogen and oxygen atoms in total. The zero-order valence-corrected chi connectivity index (χ0v) is 7.47. The number of hydrogen-bond acceptors (Lipinski definition) is 2. The van der Waals surface area contributed by atoms with E-state index in [4.69, 9.17) is 5.73 Å². The fourth-order valence-electron chi connectivity index (χ4n) is 1.32. The smallest absolute Gasteiger partial charge is 0.243 e. The average Bonchev–Trinajstić information content (AvgIpc) is 2.01. The number of nitrogens with two attached hydrogens (primary N) is 1. The molecule has 1 rings (SSSR count). The van der Waals surface area contributed by atoms with Crippen molar-refractivity contribution in [1.29, 1.82) is 0 Å². The van der Waals surface area contributed by atoms with Crippen LogP contribution in [0.1, 0.15) is 25.7 Å². The Morgan fingerprint density at radius 2 is 2.33 bits per heavy atom. The van der Waals surface area contributed by atoms with Gasteiger partial charge in [-0.3, -0.25) is 4.79 Å². The number of nitrogens with one attached hydrogen (secondary N) is 1. The molecule has 0 aromatic heterocycles. The van der Waals surface area contributed by atoms with E-state index in [1.807, 2.05) is 6.08 Å². The van der Waals surface area contributed by atoms with Gasteiger partial charge in [-0.25, -0.2) is 0 Å². The fourth-order valence-corrected chi connectivity index (χ4v) is 1.32. The molecule has 0 aromatic carbocycles. The quantitative estimate of drug-likeness (QED) is 0.605. The molecule has 0 aromatic rings. The summed E-state index contributed by atoms with van der Waals surface area (Å²) in [6, 6.07) is 0. The van der Waals surface area contributed by atoms with Gasteiger partial charge in [0.05, 0.1) is 0 Å². The molecule has 3 N–H and O–H groups in total. The molecular formula is C9H16N2O. The lowest BCUT2D eigenvalue weighted by Gasteiger charge is -2.37. The predicted octanol–water partition coefficient (Wildman–Crippen LogP) is 0.560. The van der Waals surface area contributed by atoms with E-state index >= 15 is 0 Å². The van der Waals surface area contributed by atoms with E-state index in [-0.39, 0.29) is 11.4 Å². The van der Waals surface area contributed by atoms with Crippen LogP contribution in [0.25, 0.3) is 0 Å². The van der Waals surface area contributed by atoms with Crippen molar-refractivity contribution in [2.75, 3.05) is 7.05 Å². The first kappa shape index (κ1) is 9.26. The van der Waals surface area contributed by atoms with Crippen LogP contribution < -0.4 is 11.1 Å². The minimum absolute atomic E-state index is 0.00940. The number of amides is 1. The van der Waals surface area contributed by atoms with Crippen molar-refractivity contribution in [2.24, 2.45) is 5.73 Å². The second kappa shape index (κ2) is 3.72. The molecule has 12 heavy (non-hydrogen) atoms. The number of likely N-dealkylation sites (N-methyl/N-ethyl adjacent to an activating group) is 1. The first-order valence-corrected chi connectivity index (χ1v) is 4.33. The maximum absolute atomic E-state index is 10.8. The van der Waals surface area contributed by atoms with Crippen molar-refractivity contribution in [3.05, 3.63) is 12.2 Å². The van der Waals surface area contributed by atoms with Crippen LogP contribution in [-0.2, 0) is 4.79 Å². The van der Waals surface area contributed by atoms with Crippen molar-refractivity contribution in [1.82, 2.24) is 5.32 Å². The van der Waals surface area contributed by atoms with Crippen molar-refractivity contribution in [2.45, 2.75) is 31.2 Å². The Labute approximate surface area is 73.0 Å². The predicted molar refractivity (Wildman–Crippen MR) is 48.6 cm³/mol. The summed E-state index contributed by atoms with van der Waals surface area (Å²) >= 11 is 0. The Hall–Kier alpha value is -0.830. The van der Waals surface area contributed by atoms with Crippen LogP contribution in [0, 0.1) is 0 Å². The maximum atomic E-state index is 10.8. The SMILES string of the molecule is CNC(=O)/C=C/CC1(N)CCC1. The first-order valence-electron chi connectivity index (χ1n) is 4.33. The molecule has 0 bridgehead atoms. The van der Waals surface area contributed by atoms with E-state index in [0.29, 0.717) is 0 Å². The maximum Gasteiger partial charge on any atom is 0.243 e. The normalized spacial score (nSPS) is 20.5. The molecule has 0 heterocycles. The zero-order valence-electron chi connectivity index (χ0n) is 7.47. The van der Waals surface area contributed by atoms with Gasteiger partial charge in [-0.15, -0.1) is 0 Å². The van der Waals surface area contributed by atoms with Crippen molar-refractivity contribution in [3.8, 4) is 0 Å². The topological polar surface area (TPSA) is 55.1 Å². The highest BCUT2D eigenvalue weighted by molar-refractivity contribution is 5.87. The Kier molecular flexibility index (Phi) is 2.87. The van der Waals surface area contributed by atoms with E-state index in [2.05, 4.69) is 5.32 Å². The summed E-state index contributed by atoms with van der Waals surface area (Å²) in [5.74, 6) is -0.0575. The van der Waals surface area contributed by atoms with Gasteiger partial charge in [-0.05, 0) is 31.8 Å². The molecule has 3 heteroatoms. The van der Waals surface area contributed by atoms with Crippen molar-refractivity contribution in [3.63, 3.8) is 0 Å². The largest absolute Gasteiger partial charge is 0.356 e. The molecule has 1 saturated carbocycles. The highest BCUT2D eigenvalue weighted by Crippen LogP contribution is 2.32. The molecule has 0 saturated heterocycles. The summed E-state index contributed by atoms with van der Waals surface area (Å²) in [4.78, 5) is 10.8. The molecule has 1 aliphatic carbocycles. The highest BCUT2D eigenvalue weighted by Gasteiger charge is 2.30. The highest BCUT2D eigenvalue weighted by atomic mass is 16.1. The van der Waals surface area contributed by atoms with Gasteiger partial charge < -0.3 is 11.1 Å². The van der Waals surface area contributed by atoms with Crippen LogP contribution in [0.2, 0.25) is 0 Å². The number of carbonyl (C=O) groups is 1. The summed E-state index contributed by atoms with van der Waals surface area (Å²) in [5, 5.41) is 2.52. The lowest BCUT2D eigenvalue weighted by atomic mass is 9.75. The van der Waals surface area contributed by atoms with Gasteiger partial charge >= 0.3 is 0 Å². The molecule has 68 valence electrons. The third-order valence-corrected chi connectivity index (χ3v) is 2.39. The lowest BCUT2D eigenvalue weighted by Crippen LogP contribution is -2.45. The number of rotatable bonds is 3. The van der Waals surface area contributed by atoms with E-state index in [0.717, 1.165) is 19.3 Å². The molecular weight excluding hydrogens is 152 g/mol. The van der Waals surface area contributed by atoms with Crippen molar-refractivity contribution < 1.29 is 4.79 Å². The van der Waals surface area contributed by atoms with Crippen LogP contribution in [-0.4, -0.2) is 18.5 Å².